The molecule has 1 aromatic rings. The molecule has 1 rings (SSSR count). The van der Waals surface area contributed by atoms with Crippen molar-refractivity contribution in [2.24, 2.45) is 5.73 Å². The minimum Gasteiger partial charge on any atom is -0.444 e. The highest BCUT2D eigenvalue weighted by molar-refractivity contribution is 5.68. The first-order chi connectivity index (χ1) is 8.73. The van der Waals surface area contributed by atoms with E-state index in [-0.39, 0.29) is 6.04 Å². The van der Waals surface area contributed by atoms with Crippen molar-refractivity contribution >= 4 is 6.09 Å². The van der Waals surface area contributed by atoms with Crippen LogP contribution in [0.3, 0.4) is 0 Å². The topological polar surface area (TPSA) is 64.3 Å². The number of benzene rings is 1. The summed E-state index contributed by atoms with van der Waals surface area (Å²) in [4.78, 5) is 11.8. The number of nitrogens with one attached hydrogen (secondary N) is 1. The molecule has 0 fully saturated rings. The summed E-state index contributed by atoms with van der Waals surface area (Å²) >= 11 is 0. The molecule has 1 atom stereocenters. The Kier molecular flexibility index (Phi) is 4.95. The summed E-state index contributed by atoms with van der Waals surface area (Å²) < 4.78 is 5.25. The fourth-order valence-electron chi connectivity index (χ4n) is 1.93. The van der Waals surface area contributed by atoms with Crippen molar-refractivity contribution in [1.82, 2.24) is 5.32 Å². The average Bonchev–Trinajstić information content (AvgIpc) is 2.24. The second-order valence-corrected chi connectivity index (χ2v) is 5.79. The van der Waals surface area contributed by atoms with Gasteiger partial charge in [0, 0.05) is 6.54 Å². The van der Waals surface area contributed by atoms with E-state index >= 15 is 0 Å². The molecule has 0 heterocycles. The van der Waals surface area contributed by atoms with Crippen LogP contribution in [0.1, 0.15) is 43.5 Å². The monoisotopic (exact) mass is 264 g/mol. The Morgan fingerprint density at radius 1 is 1.37 bits per heavy atom. The van der Waals surface area contributed by atoms with Crippen LogP contribution in [0.2, 0.25) is 0 Å². The zero-order valence-electron chi connectivity index (χ0n) is 12.4. The summed E-state index contributed by atoms with van der Waals surface area (Å²) in [6, 6.07) is 5.87. The maximum Gasteiger partial charge on any atom is 0.408 e. The van der Waals surface area contributed by atoms with Crippen LogP contribution in [-0.2, 0) is 4.74 Å². The van der Waals surface area contributed by atoms with Crippen LogP contribution < -0.4 is 11.1 Å². The second kappa shape index (κ2) is 6.06. The quantitative estimate of drug-likeness (QED) is 0.882. The molecular formula is C15H24N2O2. The first-order valence-electron chi connectivity index (χ1n) is 6.49. The van der Waals surface area contributed by atoms with Crippen molar-refractivity contribution in [2.75, 3.05) is 6.54 Å². The first-order valence-corrected chi connectivity index (χ1v) is 6.49. The van der Waals surface area contributed by atoms with E-state index in [4.69, 9.17) is 10.5 Å². The Labute approximate surface area is 115 Å². The fraction of sp³-hybridized carbons (Fsp3) is 0.533. The Balaban J connectivity index is 2.81. The van der Waals surface area contributed by atoms with Crippen molar-refractivity contribution in [1.29, 1.82) is 0 Å². The van der Waals surface area contributed by atoms with Gasteiger partial charge in [-0.2, -0.15) is 0 Å². The molecule has 0 saturated heterocycles. The molecule has 0 aromatic heterocycles. The van der Waals surface area contributed by atoms with Crippen molar-refractivity contribution < 1.29 is 9.53 Å². The van der Waals surface area contributed by atoms with Crippen LogP contribution in [0.5, 0.6) is 0 Å². The minimum atomic E-state index is -0.508. The van der Waals surface area contributed by atoms with Gasteiger partial charge in [-0.1, -0.05) is 23.8 Å². The van der Waals surface area contributed by atoms with Gasteiger partial charge in [-0.3, -0.25) is 0 Å². The van der Waals surface area contributed by atoms with Gasteiger partial charge < -0.3 is 15.8 Å². The third-order valence-electron chi connectivity index (χ3n) is 2.73. The van der Waals surface area contributed by atoms with E-state index < -0.39 is 11.7 Å². The Hall–Kier alpha value is -1.55. The van der Waals surface area contributed by atoms with Gasteiger partial charge >= 0.3 is 6.09 Å². The summed E-state index contributed by atoms with van der Waals surface area (Å²) in [7, 11) is 0. The summed E-state index contributed by atoms with van der Waals surface area (Å²) in [6.45, 7) is 9.89. The van der Waals surface area contributed by atoms with E-state index in [1.165, 1.54) is 5.56 Å². The van der Waals surface area contributed by atoms with Crippen molar-refractivity contribution in [3.63, 3.8) is 0 Å². The SMILES string of the molecule is Cc1ccc(C(CN)NC(=O)OC(C)(C)C)c(C)c1. The molecule has 1 unspecified atom stereocenters. The maximum atomic E-state index is 11.8. The summed E-state index contributed by atoms with van der Waals surface area (Å²) in [6.07, 6.45) is -0.442. The van der Waals surface area contributed by atoms with E-state index in [2.05, 4.69) is 11.4 Å². The molecule has 3 N–H and O–H groups in total. The molecule has 1 amide bonds. The van der Waals surface area contributed by atoms with Gasteiger partial charge in [0.25, 0.3) is 0 Å². The predicted molar refractivity (Wildman–Crippen MR) is 77.1 cm³/mol. The molecular weight excluding hydrogens is 240 g/mol. The lowest BCUT2D eigenvalue weighted by Gasteiger charge is -2.24. The molecule has 106 valence electrons. The third-order valence-corrected chi connectivity index (χ3v) is 2.73. The van der Waals surface area contributed by atoms with Crippen molar-refractivity contribution in [3.05, 3.63) is 34.9 Å². The molecule has 0 aliphatic rings. The van der Waals surface area contributed by atoms with E-state index in [1.807, 2.05) is 46.8 Å². The number of aryl methyl sites for hydroxylation is 2. The van der Waals surface area contributed by atoms with Gasteiger partial charge in [0.2, 0.25) is 0 Å². The lowest BCUT2D eigenvalue weighted by atomic mass is 9.99. The molecule has 0 spiro atoms. The maximum absolute atomic E-state index is 11.8. The number of ether oxygens (including phenoxy) is 1. The van der Waals surface area contributed by atoms with Gasteiger partial charge in [-0.15, -0.1) is 0 Å². The van der Waals surface area contributed by atoms with Gasteiger partial charge in [0.05, 0.1) is 6.04 Å². The zero-order valence-corrected chi connectivity index (χ0v) is 12.4. The molecule has 19 heavy (non-hydrogen) atoms. The van der Waals surface area contributed by atoms with Crippen LogP contribution >= 0.6 is 0 Å². The normalized spacial score (nSPS) is 12.9. The predicted octanol–water partition coefficient (Wildman–Crippen LogP) is 2.83. The third kappa shape index (κ3) is 4.91. The largest absolute Gasteiger partial charge is 0.444 e. The van der Waals surface area contributed by atoms with Crippen molar-refractivity contribution in [3.8, 4) is 0 Å². The number of carbonyl (C=O) groups excluding carboxylic acids is 1. The smallest absolute Gasteiger partial charge is 0.408 e. The van der Waals surface area contributed by atoms with Gasteiger partial charge in [-0.05, 0) is 45.7 Å². The zero-order chi connectivity index (χ0) is 14.6. The van der Waals surface area contributed by atoms with Crippen LogP contribution in [0, 0.1) is 13.8 Å². The highest BCUT2D eigenvalue weighted by Gasteiger charge is 2.20. The van der Waals surface area contributed by atoms with Gasteiger partial charge in [-0.25, -0.2) is 4.79 Å². The van der Waals surface area contributed by atoms with Gasteiger partial charge in [0.1, 0.15) is 5.60 Å². The number of hydrogen-bond acceptors (Lipinski definition) is 3. The molecule has 0 aliphatic heterocycles. The lowest BCUT2D eigenvalue weighted by Crippen LogP contribution is -2.38. The first kappa shape index (κ1) is 15.5. The lowest BCUT2D eigenvalue weighted by molar-refractivity contribution is 0.0505. The van der Waals surface area contributed by atoms with Gasteiger partial charge in [0.15, 0.2) is 0 Å². The highest BCUT2D eigenvalue weighted by atomic mass is 16.6. The van der Waals surface area contributed by atoms with E-state index in [0.717, 1.165) is 11.1 Å². The van der Waals surface area contributed by atoms with Crippen LogP contribution in [-0.4, -0.2) is 18.2 Å². The molecule has 1 aromatic carbocycles. The molecule has 4 heteroatoms. The molecule has 0 aliphatic carbocycles. The molecule has 0 saturated carbocycles. The molecule has 4 nitrogen and oxygen atoms in total. The van der Waals surface area contributed by atoms with Crippen molar-refractivity contribution in [2.45, 2.75) is 46.3 Å². The van der Waals surface area contributed by atoms with Crippen LogP contribution in [0.15, 0.2) is 18.2 Å². The minimum absolute atomic E-state index is 0.226. The number of rotatable bonds is 3. The highest BCUT2D eigenvalue weighted by Crippen LogP contribution is 2.19. The summed E-state index contributed by atoms with van der Waals surface area (Å²) in [5.41, 5.74) is 8.58. The Morgan fingerprint density at radius 2 is 2.00 bits per heavy atom. The number of hydrogen-bond donors (Lipinski definition) is 2. The van der Waals surface area contributed by atoms with Crippen LogP contribution in [0.25, 0.3) is 0 Å². The van der Waals surface area contributed by atoms with E-state index in [9.17, 15) is 4.79 Å². The Bertz CT molecular complexity index is 450. The number of carbonyl (C=O) groups is 1. The van der Waals surface area contributed by atoms with Crippen LogP contribution in [0.4, 0.5) is 4.79 Å². The van der Waals surface area contributed by atoms with E-state index in [0.29, 0.717) is 6.54 Å². The summed E-state index contributed by atoms with van der Waals surface area (Å²) in [5, 5.41) is 2.81. The summed E-state index contributed by atoms with van der Waals surface area (Å²) in [5.74, 6) is 0. The molecule has 0 radical (unpaired) electrons. The number of nitrogens with two attached hydrogens (primary N) is 1. The Morgan fingerprint density at radius 3 is 2.47 bits per heavy atom. The number of alkyl carbamates (subject to hydrolysis) is 1. The second-order valence-electron chi connectivity index (χ2n) is 5.79. The average molecular weight is 264 g/mol. The molecule has 0 bridgehead atoms. The number of amides is 1. The van der Waals surface area contributed by atoms with E-state index in [1.54, 1.807) is 0 Å². The fourth-order valence-corrected chi connectivity index (χ4v) is 1.93. The standard InChI is InChI=1S/C15H24N2O2/c1-10-6-7-12(11(2)8-10)13(9-16)17-14(18)19-15(3,4)5/h6-8,13H,9,16H2,1-5H3,(H,17,18).